The Hall–Kier alpha value is -2.41. The number of methoxy groups -OCH3 is 1. The average molecular weight is 385 g/mol. The summed E-state index contributed by atoms with van der Waals surface area (Å²) in [5.74, 6) is 0. The molecule has 0 amide bonds. The van der Waals surface area contributed by atoms with E-state index in [0.717, 1.165) is 22.0 Å². The molecule has 0 fully saturated rings. The molecule has 0 aliphatic carbocycles. The van der Waals surface area contributed by atoms with Crippen LogP contribution >= 0.6 is 0 Å². The van der Waals surface area contributed by atoms with Crippen molar-refractivity contribution in [1.82, 2.24) is 8.87 Å². The van der Waals surface area contributed by atoms with Gasteiger partial charge < -0.3 is 9.30 Å². The number of aromatic nitrogens is 1. The molecule has 1 heterocycles. The maximum atomic E-state index is 13.2. The molecular weight excluding hydrogens is 360 g/mol. The van der Waals surface area contributed by atoms with Gasteiger partial charge in [-0.15, -0.1) is 6.58 Å². The molecule has 0 radical (unpaired) electrons. The number of sulfonamides is 1. The van der Waals surface area contributed by atoms with E-state index in [2.05, 4.69) is 6.58 Å². The number of aryl methyl sites for hydroxylation is 1. The van der Waals surface area contributed by atoms with E-state index in [9.17, 15) is 8.42 Å². The van der Waals surface area contributed by atoms with Crippen LogP contribution in [0.2, 0.25) is 0 Å². The molecule has 142 valence electrons. The van der Waals surface area contributed by atoms with Gasteiger partial charge in [-0.3, -0.25) is 0 Å². The molecule has 0 bridgehead atoms. The van der Waals surface area contributed by atoms with E-state index in [0.29, 0.717) is 6.73 Å². The van der Waals surface area contributed by atoms with Gasteiger partial charge in [0.15, 0.2) is 0 Å². The molecule has 1 aromatic heterocycles. The van der Waals surface area contributed by atoms with Crippen molar-refractivity contribution < 1.29 is 13.2 Å². The largest absolute Gasteiger partial charge is 0.364 e. The Labute approximate surface area is 160 Å². The van der Waals surface area contributed by atoms with Gasteiger partial charge in [-0.05, 0) is 30.7 Å². The average Bonchev–Trinajstić information content (AvgIpc) is 3.00. The third-order valence-electron chi connectivity index (χ3n) is 4.48. The molecule has 0 aliphatic heterocycles. The van der Waals surface area contributed by atoms with Crippen molar-refractivity contribution in [3.8, 4) is 0 Å². The summed E-state index contributed by atoms with van der Waals surface area (Å²) in [6, 6.07) is 14.8. The first-order valence-electron chi connectivity index (χ1n) is 8.70. The molecule has 0 N–H and O–H groups in total. The van der Waals surface area contributed by atoms with E-state index in [4.69, 9.17) is 4.74 Å². The van der Waals surface area contributed by atoms with Crippen LogP contribution in [0.3, 0.4) is 0 Å². The quantitative estimate of drug-likeness (QED) is 0.553. The standard InChI is InChI=1S/C21H24N2O3S/c1-4-13-23(27(24,25)19-11-9-17(2)10-12-19)15-18-14-22(16-26-3)21-8-6-5-7-20(18)21/h4-12,14H,1,13,15-16H2,2-3H3. The summed E-state index contributed by atoms with van der Waals surface area (Å²) < 4.78 is 35.0. The number of hydrogen-bond donors (Lipinski definition) is 0. The Morgan fingerprint density at radius 3 is 2.52 bits per heavy atom. The molecular formula is C21H24N2O3S. The first-order valence-corrected chi connectivity index (χ1v) is 10.1. The summed E-state index contributed by atoms with van der Waals surface area (Å²) in [6.07, 6.45) is 3.56. The Bertz CT molecular complexity index is 1040. The fourth-order valence-electron chi connectivity index (χ4n) is 3.14. The predicted octanol–water partition coefficient (Wildman–Crippen LogP) is 3.93. The molecule has 6 heteroatoms. The lowest BCUT2D eigenvalue weighted by Crippen LogP contribution is -2.30. The number of fused-ring (bicyclic) bond motifs is 1. The van der Waals surface area contributed by atoms with Gasteiger partial charge in [0.25, 0.3) is 0 Å². The Morgan fingerprint density at radius 1 is 1.15 bits per heavy atom. The van der Waals surface area contributed by atoms with Gasteiger partial charge in [-0.1, -0.05) is 42.0 Å². The van der Waals surface area contributed by atoms with E-state index in [1.165, 1.54) is 4.31 Å². The molecule has 0 saturated carbocycles. The summed E-state index contributed by atoms with van der Waals surface area (Å²) in [6.45, 7) is 6.57. The number of benzene rings is 2. The number of para-hydroxylation sites is 1. The van der Waals surface area contributed by atoms with Gasteiger partial charge in [0.2, 0.25) is 10.0 Å². The Morgan fingerprint density at radius 2 is 1.85 bits per heavy atom. The smallest absolute Gasteiger partial charge is 0.243 e. The molecule has 0 atom stereocenters. The summed E-state index contributed by atoms with van der Waals surface area (Å²) in [4.78, 5) is 0.288. The van der Waals surface area contributed by atoms with Crippen LogP contribution in [0.4, 0.5) is 0 Å². The highest BCUT2D eigenvalue weighted by Crippen LogP contribution is 2.25. The van der Waals surface area contributed by atoms with Crippen molar-refractivity contribution in [3.05, 3.63) is 78.5 Å². The third-order valence-corrected chi connectivity index (χ3v) is 6.30. The minimum atomic E-state index is -3.63. The van der Waals surface area contributed by atoms with Gasteiger partial charge in [0.05, 0.1) is 10.4 Å². The van der Waals surface area contributed by atoms with Gasteiger partial charge in [-0.2, -0.15) is 4.31 Å². The van der Waals surface area contributed by atoms with Crippen molar-refractivity contribution in [1.29, 1.82) is 0 Å². The van der Waals surface area contributed by atoms with Crippen LogP contribution in [0.15, 0.2) is 72.3 Å². The van der Waals surface area contributed by atoms with E-state index < -0.39 is 10.0 Å². The molecule has 3 rings (SSSR count). The third kappa shape index (κ3) is 3.98. The topological polar surface area (TPSA) is 51.5 Å². The molecule has 5 nitrogen and oxygen atoms in total. The van der Waals surface area contributed by atoms with Crippen molar-refractivity contribution >= 4 is 20.9 Å². The van der Waals surface area contributed by atoms with Crippen molar-refractivity contribution in [2.45, 2.75) is 25.1 Å². The molecule has 0 aliphatic rings. The number of hydrogen-bond acceptors (Lipinski definition) is 3. The lowest BCUT2D eigenvalue weighted by molar-refractivity contribution is 0.134. The van der Waals surface area contributed by atoms with E-state index in [1.807, 2.05) is 54.1 Å². The first kappa shape index (κ1) is 19.4. The fourth-order valence-corrected chi connectivity index (χ4v) is 4.52. The predicted molar refractivity (Wildman–Crippen MR) is 108 cm³/mol. The lowest BCUT2D eigenvalue weighted by Gasteiger charge is -2.20. The first-order chi connectivity index (χ1) is 13.0. The second-order valence-electron chi connectivity index (χ2n) is 6.46. The highest BCUT2D eigenvalue weighted by molar-refractivity contribution is 7.89. The molecule has 0 unspecified atom stereocenters. The number of ether oxygens (including phenoxy) is 1. The molecule has 3 aromatic rings. The minimum absolute atomic E-state index is 0.236. The second-order valence-corrected chi connectivity index (χ2v) is 8.40. The summed E-state index contributed by atoms with van der Waals surface area (Å²) in [5.41, 5.74) is 2.97. The van der Waals surface area contributed by atoms with E-state index in [-0.39, 0.29) is 18.0 Å². The second kappa shape index (κ2) is 8.08. The van der Waals surface area contributed by atoms with Crippen LogP contribution in [-0.2, 0) is 28.0 Å². The molecule has 27 heavy (non-hydrogen) atoms. The zero-order valence-electron chi connectivity index (χ0n) is 15.6. The van der Waals surface area contributed by atoms with E-state index in [1.54, 1.807) is 25.3 Å². The summed E-state index contributed by atoms with van der Waals surface area (Å²) in [7, 11) is -1.99. The Balaban J connectivity index is 2.01. The summed E-state index contributed by atoms with van der Waals surface area (Å²) >= 11 is 0. The maximum absolute atomic E-state index is 13.2. The van der Waals surface area contributed by atoms with Crippen LogP contribution in [0.1, 0.15) is 11.1 Å². The fraction of sp³-hybridized carbons (Fsp3) is 0.238. The zero-order chi connectivity index (χ0) is 19.4. The highest BCUT2D eigenvalue weighted by Gasteiger charge is 2.25. The van der Waals surface area contributed by atoms with Crippen molar-refractivity contribution in [3.63, 3.8) is 0 Å². The van der Waals surface area contributed by atoms with Crippen LogP contribution in [0.5, 0.6) is 0 Å². The van der Waals surface area contributed by atoms with E-state index >= 15 is 0 Å². The highest BCUT2D eigenvalue weighted by atomic mass is 32.2. The normalized spacial score (nSPS) is 12.0. The van der Waals surface area contributed by atoms with Crippen molar-refractivity contribution in [2.75, 3.05) is 13.7 Å². The number of rotatable bonds is 8. The lowest BCUT2D eigenvalue weighted by atomic mass is 10.2. The summed E-state index contributed by atoms with van der Waals surface area (Å²) in [5, 5.41) is 1.02. The van der Waals surface area contributed by atoms with Crippen LogP contribution in [0, 0.1) is 6.92 Å². The molecule has 0 saturated heterocycles. The van der Waals surface area contributed by atoms with Gasteiger partial charge >= 0.3 is 0 Å². The van der Waals surface area contributed by atoms with Crippen LogP contribution in [-0.4, -0.2) is 30.9 Å². The van der Waals surface area contributed by atoms with Crippen LogP contribution in [0.25, 0.3) is 10.9 Å². The monoisotopic (exact) mass is 384 g/mol. The number of nitrogens with zero attached hydrogens (tertiary/aromatic N) is 2. The SMILES string of the molecule is C=CCN(Cc1cn(COC)c2ccccc12)S(=O)(=O)c1ccc(C)cc1. The van der Waals surface area contributed by atoms with Gasteiger partial charge in [0, 0.05) is 31.8 Å². The van der Waals surface area contributed by atoms with Crippen molar-refractivity contribution in [2.24, 2.45) is 0 Å². The zero-order valence-corrected chi connectivity index (χ0v) is 16.4. The molecule has 0 spiro atoms. The van der Waals surface area contributed by atoms with Crippen LogP contribution < -0.4 is 0 Å². The minimum Gasteiger partial charge on any atom is -0.364 e. The van der Waals surface area contributed by atoms with Gasteiger partial charge in [0.1, 0.15) is 6.73 Å². The molecule has 2 aromatic carbocycles. The Kier molecular flexibility index (Phi) is 5.79. The van der Waals surface area contributed by atoms with Gasteiger partial charge in [-0.25, -0.2) is 8.42 Å². The maximum Gasteiger partial charge on any atom is 0.243 e.